The Balaban J connectivity index is 1.65. The van der Waals surface area contributed by atoms with Crippen molar-refractivity contribution in [3.63, 3.8) is 0 Å². The number of rotatable bonds is 9. The topological polar surface area (TPSA) is 105 Å². The van der Waals surface area contributed by atoms with E-state index in [9.17, 15) is 13.2 Å². The fraction of sp³-hybridized carbons (Fsp3) is 0.409. The third-order valence-corrected chi connectivity index (χ3v) is 6.22. The molecule has 1 heterocycles. The molecule has 1 saturated heterocycles. The van der Waals surface area contributed by atoms with Gasteiger partial charge in [-0.05, 0) is 36.8 Å². The SMILES string of the molecule is CC(CN1CCOCC1)N(CC(=O)Nc1ccc(S(N)(=O)=O)cc1)Cc1ccccc1. The largest absolute Gasteiger partial charge is 0.379 e. The normalized spacial score (nSPS) is 16.2. The van der Waals surface area contributed by atoms with Crippen LogP contribution in [0.4, 0.5) is 5.69 Å². The van der Waals surface area contributed by atoms with Gasteiger partial charge in [-0.1, -0.05) is 30.3 Å². The Hall–Kier alpha value is -2.30. The summed E-state index contributed by atoms with van der Waals surface area (Å²) in [7, 11) is -3.76. The molecular weight excluding hydrogens is 416 g/mol. The molecule has 1 fully saturated rings. The number of amides is 1. The summed E-state index contributed by atoms with van der Waals surface area (Å²) in [5.41, 5.74) is 1.67. The lowest BCUT2D eigenvalue weighted by Gasteiger charge is -2.34. The average molecular weight is 447 g/mol. The molecule has 3 rings (SSSR count). The number of primary sulfonamides is 1. The fourth-order valence-corrected chi connectivity index (χ4v) is 4.09. The molecule has 9 heteroatoms. The molecule has 1 atom stereocenters. The summed E-state index contributed by atoms with van der Waals surface area (Å²) in [5.74, 6) is -0.159. The standard InChI is InChI=1S/C22H30N4O4S/c1-18(15-25-11-13-30-14-12-25)26(16-19-5-3-2-4-6-19)17-22(27)24-20-7-9-21(10-8-20)31(23,28)29/h2-10,18H,11-17H2,1H3,(H,24,27)(H2,23,28,29). The molecule has 31 heavy (non-hydrogen) atoms. The predicted molar refractivity (Wildman–Crippen MR) is 120 cm³/mol. The van der Waals surface area contributed by atoms with Gasteiger partial charge in [-0.3, -0.25) is 14.6 Å². The number of carbonyl (C=O) groups excluding carboxylic acids is 1. The molecule has 0 aromatic heterocycles. The van der Waals surface area contributed by atoms with Gasteiger partial charge in [0.25, 0.3) is 0 Å². The van der Waals surface area contributed by atoms with Gasteiger partial charge in [-0.2, -0.15) is 0 Å². The second-order valence-electron chi connectivity index (χ2n) is 7.77. The zero-order valence-electron chi connectivity index (χ0n) is 17.7. The van der Waals surface area contributed by atoms with Crippen LogP contribution in [0.1, 0.15) is 12.5 Å². The summed E-state index contributed by atoms with van der Waals surface area (Å²) in [5, 5.41) is 7.97. The van der Waals surface area contributed by atoms with E-state index in [0.717, 1.165) is 38.4 Å². The summed E-state index contributed by atoms with van der Waals surface area (Å²) >= 11 is 0. The fourth-order valence-electron chi connectivity index (χ4n) is 3.57. The van der Waals surface area contributed by atoms with Crippen LogP contribution < -0.4 is 10.5 Å². The van der Waals surface area contributed by atoms with E-state index in [1.807, 2.05) is 18.2 Å². The second-order valence-corrected chi connectivity index (χ2v) is 9.33. The van der Waals surface area contributed by atoms with Crippen LogP contribution in [0.15, 0.2) is 59.5 Å². The van der Waals surface area contributed by atoms with E-state index in [2.05, 4.69) is 34.2 Å². The first-order chi connectivity index (χ1) is 14.8. The van der Waals surface area contributed by atoms with Gasteiger partial charge in [0.15, 0.2) is 0 Å². The van der Waals surface area contributed by atoms with E-state index < -0.39 is 10.0 Å². The molecule has 0 saturated carbocycles. The van der Waals surface area contributed by atoms with Crippen molar-refractivity contribution in [2.45, 2.75) is 24.4 Å². The number of hydrogen-bond donors (Lipinski definition) is 2. The zero-order chi connectivity index (χ0) is 22.3. The first-order valence-corrected chi connectivity index (χ1v) is 11.9. The van der Waals surface area contributed by atoms with Crippen molar-refractivity contribution in [2.75, 3.05) is 44.7 Å². The first-order valence-electron chi connectivity index (χ1n) is 10.3. The summed E-state index contributed by atoms with van der Waals surface area (Å²) < 4.78 is 28.2. The van der Waals surface area contributed by atoms with Crippen LogP contribution in [0.2, 0.25) is 0 Å². The number of anilines is 1. The molecule has 1 unspecified atom stereocenters. The number of nitrogens with one attached hydrogen (secondary N) is 1. The predicted octanol–water partition coefficient (Wildman–Crippen LogP) is 1.50. The molecule has 1 aliphatic rings. The van der Waals surface area contributed by atoms with Gasteiger partial charge in [-0.25, -0.2) is 13.6 Å². The highest BCUT2D eigenvalue weighted by atomic mass is 32.2. The Morgan fingerprint density at radius 3 is 2.39 bits per heavy atom. The third-order valence-electron chi connectivity index (χ3n) is 5.29. The third kappa shape index (κ3) is 7.41. The number of nitrogens with two attached hydrogens (primary N) is 1. The Bertz CT molecular complexity index is 945. The van der Waals surface area contributed by atoms with Gasteiger partial charge < -0.3 is 10.1 Å². The van der Waals surface area contributed by atoms with Crippen LogP contribution in [0.3, 0.4) is 0 Å². The van der Waals surface area contributed by atoms with Crippen molar-refractivity contribution in [2.24, 2.45) is 5.14 Å². The maximum absolute atomic E-state index is 12.8. The number of nitrogens with zero attached hydrogens (tertiary/aromatic N) is 2. The van der Waals surface area contributed by atoms with E-state index in [-0.39, 0.29) is 23.4 Å². The number of benzene rings is 2. The van der Waals surface area contributed by atoms with Crippen molar-refractivity contribution in [1.82, 2.24) is 9.80 Å². The molecule has 0 aliphatic carbocycles. The van der Waals surface area contributed by atoms with Crippen molar-refractivity contribution in [3.8, 4) is 0 Å². The average Bonchev–Trinajstić information content (AvgIpc) is 2.74. The number of ether oxygens (including phenoxy) is 1. The van der Waals surface area contributed by atoms with Crippen molar-refractivity contribution >= 4 is 21.6 Å². The summed E-state index contributed by atoms with van der Waals surface area (Å²) in [4.78, 5) is 17.3. The van der Waals surface area contributed by atoms with E-state index in [4.69, 9.17) is 9.88 Å². The lowest BCUT2D eigenvalue weighted by Crippen LogP contribution is -2.47. The quantitative estimate of drug-likeness (QED) is 0.605. The molecule has 0 radical (unpaired) electrons. The summed E-state index contributed by atoms with van der Waals surface area (Å²) in [6.45, 7) is 7.12. The van der Waals surface area contributed by atoms with E-state index >= 15 is 0 Å². The molecule has 0 bridgehead atoms. The van der Waals surface area contributed by atoms with Crippen molar-refractivity contribution in [3.05, 3.63) is 60.2 Å². The molecule has 2 aromatic carbocycles. The maximum Gasteiger partial charge on any atom is 0.238 e. The van der Waals surface area contributed by atoms with Crippen LogP contribution in [0, 0.1) is 0 Å². The van der Waals surface area contributed by atoms with Gasteiger partial charge in [0.05, 0.1) is 24.7 Å². The van der Waals surface area contributed by atoms with Crippen LogP contribution in [-0.4, -0.2) is 69.6 Å². The van der Waals surface area contributed by atoms with E-state index in [0.29, 0.717) is 12.2 Å². The van der Waals surface area contributed by atoms with Gasteiger partial charge in [-0.15, -0.1) is 0 Å². The minimum atomic E-state index is -3.76. The zero-order valence-corrected chi connectivity index (χ0v) is 18.6. The number of sulfonamides is 1. The molecular formula is C22H30N4O4S. The molecule has 0 spiro atoms. The van der Waals surface area contributed by atoms with Crippen LogP contribution in [0.25, 0.3) is 0 Å². The van der Waals surface area contributed by atoms with Gasteiger partial charge in [0.1, 0.15) is 0 Å². The first kappa shape index (κ1) is 23.4. The molecule has 3 N–H and O–H groups in total. The molecule has 8 nitrogen and oxygen atoms in total. The maximum atomic E-state index is 12.8. The highest BCUT2D eigenvalue weighted by Crippen LogP contribution is 2.14. The highest BCUT2D eigenvalue weighted by molar-refractivity contribution is 7.89. The van der Waals surface area contributed by atoms with E-state index in [1.54, 1.807) is 0 Å². The minimum Gasteiger partial charge on any atom is -0.379 e. The van der Waals surface area contributed by atoms with Crippen LogP contribution >= 0.6 is 0 Å². The highest BCUT2D eigenvalue weighted by Gasteiger charge is 2.21. The van der Waals surface area contributed by atoms with Crippen molar-refractivity contribution in [1.29, 1.82) is 0 Å². The van der Waals surface area contributed by atoms with E-state index in [1.165, 1.54) is 24.3 Å². The molecule has 2 aromatic rings. The minimum absolute atomic E-state index is 0.00957. The van der Waals surface area contributed by atoms with Crippen molar-refractivity contribution < 1.29 is 17.9 Å². The number of hydrogen-bond acceptors (Lipinski definition) is 6. The second kappa shape index (κ2) is 10.8. The van der Waals surface area contributed by atoms with Gasteiger partial charge >= 0.3 is 0 Å². The Kier molecular flexibility index (Phi) is 8.16. The van der Waals surface area contributed by atoms with Gasteiger partial charge in [0, 0.05) is 37.9 Å². The summed E-state index contributed by atoms with van der Waals surface area (Å²) in [6, 6.07) is 16.1. The number of carbonyl (C=O) groups is 1. The lowest BCUT2D eigenvalue weighted by atomic mass is 10.1. The number of morpholine rings is 1. The van der Waals surface area contributed by atoms with Gasteiger partial charge in [0.2, 0.25) is 15.9 Å². The molecule has 1 aliphatic heterocycles. The monoisotopic (exact) mass is 446 g/mol. The smallest absolute Gasteiger partial charge is 0.238 e. The Morgan fingerprint density at radius 1 is 1.13 bits per heavy atom. The van der Waals surface area contributed by atoms with Crippen LogP contribution in [-0.2, 0) is 26.1 Å². The Morgan fingerprint density at radius 2 is 1.77 bits per heavy atom. The molecule has 1 amide bonds. The Labute approximate surface area is 184 Å². The summed E-state index contributed by atoms with van der Waals surface area (Å²) in [6.07, 6.45) is 0. The van der Waals surface area contributed by atoms with Crippen LogP contribution in [0.5, 0.6) is 0 Å². The lowest BCUT2D eigenvalue weighted by molar-refractivity contribution is -0.118. The molecule has 168 valence electrons.